The minimum absolute atomic E-state index is 0.193. The molecule has 2 aromatic carbocycles. The van der Waals surface area contributed by atoms with Crippen LogP contribution in [0.2, 0.25) is 0 Å². The van der Waals surface area contributed by atoms with E-state index in [1.54, 1.807) is 0 Å². The molecular weight excluding hydrogens is 354 g/mol. The maximum Gasteiger partial charge on any atom is 0.411 e. The number of ether oxygens (including phenoxy) is 1. The molecule has 1 aliphatic carbocycles. The van der Waals surface area contributed by atoms with Gasteiger partial charge in [0.15, 0.2) is 0 Å². The van der Waals surface area contributed by atoms with Crippen molar-refractivity contribution in [3.63, 3.8) is 0 Å². The van der Waals surface area contributed by atoms with Crippen LogP contribution in [-0.2, 0) is 22.7 Å². The van der Waals surface area contributed by atoms with Gasteiger partial charge in [-0.15, -0.1) is 0 Å². The van der Waals surface area contributed by atoms with Crippen molar-refractivity contribution in [1.82, 2.24) is 4.90 Å². The van der Waals surface area contributed by atoms with E-state index in [0.717, 1.165) is 30.4 Å². The van der Waals surface area contributed by atoms with Gasteiger partial charge in [-0.2, -0.15) is 0 Å². The Morgan fingerprint density at radius 1 is 1.04 bits per heavy atom. The Bertz CT molecular complexity index is 773. The summed E-state index contributed by atoms with van der Waals surface area (Å²) in [4.78, 5) is 26.3. The van der Waals surface area contributed by atoms with Crippen LogP contribution in [0.3, 0.4) is 0 Å². The van der Waals surface area contributed by atoms with Crippen LogP contribution >= 0.6 is 0 Å². The molecule has 0 saturated heterocycles. The van der Waals surface area contributed by atoms with E-state index in [1.807, 2.05) is 59.5 Å². The van der Waals surface area contributed by atoms with Gasteiger partial charge in [0.1, 0.15) is 6.61 Å². The largest absolute Gasteiger partial charge is 0.444 e. The smallest absolute Gasteiger partial charge is 0.411 e. The van der Waals surface area contributed by atoms with E-state index in [0.29, 0.717) is 25.3 Å². The number of amides is 2. The van der Waals surface area contributed by atoms with Crippen molar-refractivity contribution in [3.8, 4) is 0 Å². The minimum atomic E-state index is -0.495. The van der Waals surface area contributed by atoms with Crippen LogP contribution in [0.1, 0.15) is 30.4 Å². The molecule has 0 aromatic heterocycles. The highest BCUT2D eigenvalue weighted by Gasteiger charge is 2.33. The number of benzene rings is 2. The molecule has 1 saturated carbocycles. The van der Waals surface area contributed by atoms with E-state index in [4.69, 9.17) is 10.5 Å². The fourth-order valence-corrected chi connectivity index (χ4v) is 2.93. The van der Waals surface area contributed by atoms with Gasteiger partial charge < -0.3 is 15.4 Å². The number of hydrogen-bond acceptors (Lipinski definition) is 4. The first-order valence-electron chi connectivity index (χ1n) is 9.71. The average Bonchev–Trinajstić information content (AvgIpc) is 3.56. The zero-order valence-electron chi connectivity index (χ0n) is 16.0. The lowest BCUT2D eigenvalue weighted by molar-refractivity contribution is -0.133. The van der Waals surface area contributed by atoms with Crippen molar-refractivity contribution in [2.24, 2.45) is 11.7 Å². The summed E-state index contributed by atoms with van der Waals surface area (Å²) in [6.45, 7) is 2.04. The molecule has 0 heterocycles. The first kappa shape index (κ1) is 19.9. The number of nitrogens with one attached hydrogen (secondary N) is 1. The quantitative estimate of drug-likeness (QED) is 0.696. The fourth-order valence-electron chi connectivity index (χ4n) is 2.93. The van der Waals surface area contributed by atoms with Crippen molar-refractivity contribution < 1.29 is 14.3 Å². The van der Waals surface area contributed by atoms with Crippen molar-refractivity contribution in [2.75, 3.05) is 18.4 Å². The molecule has 2 amide bonds. The molecule has 0 radical (unpaired) electrons. The summed E-state index contributed by atoms with van der Waals surface area (Å²) in [6.07, 6.45) is 2.29. The van der Waals surface area contributed by atoms with Gasteiger partial charge in [-0.3, -0.25) is 10.1 Å². The second kappa shape index (κ2) is 9.90. The van der Waals surface area contributed by atoms with E-state index in [1.165, 1.54) is 0 Å². The van der Waals surface area contributed by atoms with Gasteiger partial charge in [0.25, 0.3) is 0 Å². The summed E-state index contributed by atoms with van der Waals surface area (Å²) < 4.78 is 5.22. The highest BCUT2D eigenvalue weighted by Crippen LogP contribution is 2.31. The number of hydrogen-bond donors (Lipinski definition) is 2. The highest BCUT2D eigenvalue weighted by atomic mass is 16.5. The molecule has 148 valence electrons. The molecule has 0 atom stereocenters. The molecule has 0 bridgehead atoms. The second-order valence-corrected chi connectivity index (χ2v) is 7.06. The van der Waals surface area contributed by atoms with Crippen LogP contribution in [-0.4, -0.2) is 30.0 Å². The van der Waals surface area contributed by atoms with Crippen molar-refractivity contribution in [2.45, 2.75) is 32.4 Å². The average molecular weight is 381 g/mol. The van der Waals surface area contributed by atoms with E-state index in [2.05, 4.69) is 5.32 Å². The van der Waals surface area contributed by atoms with Crippen LogP contribution < -0.4 is 11.1 Å². The third kappa shape index (κ3) is 6.09. The summed E-state index contributed by atoms with van der Waals surface area (Å²) in [5, 5.41) is 2.72. The monoisotopic (exact) mass is 381 g/mol. The number of carbonyl (C=O) groups excluding carboxylic acids is 2. The van der Waals surface area contributed by atoms with Gasteiger partial charge >= 0.3 is 6.09 Å². The molecule has 1 aliphatic rings. The SMILES string of the molecule is NCCCN(Cc1ccc(NC(=O)OCc2ccccc2)cc1)C(=O)C1CC1. The Morgan fingerprint density at radius 3 is 2.39 bits per heavy atom. The van der Waals surface area contributed by atoms with Crippen LogP contribution in [0.4, 0.5) is 10.5 Å². The van der Waals surface area contributed by atoms with Crippen molar-refractivity contribution in [1.29, 1.82) is 0 Å². The molecule has 0 spiro atoms. The number of nitrogens with zero attached hydrogens (tertiary/aromatic N) is 1. The molecular formula is C22H27N3O3. The molecule has 1 fully saturated rings. The van der Waals surface area contributed by atoms with E-state index in [9.17, 15) is 9.59 Å². The molecule has 2 aromatic rings. The summed E-state index contributed by atoms with van der Waals surface area (Å²) in [6, 6.07) is 17.0. The van der Waals surface area contributed by atoms with Gasteiger partial charge in [0, 0.05) is 24.7 Å². The van der Waals surface area contributed by atoms with Crippen LogP contribution in [0.15, 0.2) is 54.6 Å². The molecule has 0 aliphatic heterocycles. The first-order valence-corrected chi connectivity index (χ1v) is 9.71. The minimum Gasteiger partial charge on any atom is -0.444 e. The topological polar surface area (TPSA) is 84.7 Å². The number of anilines is 1. The third-order valence-electron chi connectivity index (χ3n) is 4.66. The van der Waals surface area contributed by atoms with Crippen molar-refractivity contribution in [3.05, 3.63) is 65.7 Å². The third-order valence-corrected chi connectivity index (χ3v) is 4.66. The Balaban J connectivity index is 1.50. The lowest BCUT2D eigenvalue weighted by Gasteiger charge is -2.23. The molecule has 6 nitrogen and oxygen atoms in total. The highest BCUT2D eigenvalue weighted by molar-refractivity contribution is 5.84. The lowest BCUT2D eigenvalue weighted by atomic mass is 10.1. The van der Waals surface area contributed by atoms with E-state index < -0.39 is 6.09 Å². The van der Waals surface area contributed by atoms with Crippen molar-refractivity contribution >= 4 is 17.7 Å². The predicted molar refractivity (Wildman–Crippen MR) is 109 cm³/mol. The van der Waals surface area contributed by atoms with Gasteiger partial charge in [-0.05, 0) is 49.1 Å². The predicted octanol–water partition coefficient (Wildman–Crippen LogP) is 3.52. The van der Waals surface area contributed by atoms with Gasteiger partial charge in [0.2, 0.25) is 5.91 Å². The summed E-state index contributed by atoms with van der Waals surface area (Å²) in [5.41, 5.74) is 8.21. The zero-order valence-corrected chi connectivity index (χ0v) is 16.0. The summed E-state index contributed by atoms with van der Waals surface area (Å²) >= 11 is 0. The first-order chi connectivity index (χ1) is 13.7. The Kier molecular flexibility index (Phi) is 7.03. The maximum atomic E-state index is 12.4. The Hall–Kier alpha value is -2.86. The second-order valence-electron chi connectivity index (χ2n) is 7.06. The van der Waals surface area contributed by atoms with Gasteiger partial charge in [0.05, 0.1) is 0 Å². The standard InChI is InChI=1S/C22H27N3O3/c23-13-4-14-25(21(26)19-9-10-19)15-17-7-11-20(12-8-17)24-22(27)28-16-18-5-2-1-3-6-18/h1-3,5-8,11-12,19H,4,9-10,13-16,23H2,(H,24,27). The summed E-state index contributed by atoms with van der Waals surface area (Å²) in [5.74, 6) is 0.415. The van der Waals surface area contributed by atoms with Crippen LogP contribution in [0.5, 0.6) is 0 Å². The number of nitrogens with two attached hydrogens (primary N) is 1. The van der Waals surface area contributed by atoms with E-state index >= 15 is 0 Å². The number of rotatable bonds is 9. The lowest BCUT2D eigenvalue weighted by Crippen LogP contribution is -2.33. The molecule has 3 rings (SSSR count). The van der Waals surface area contributed by atoms with Gasteiger partial charge in [-0.1, -0.05) is 42.5 Å². The molecule has 3 N–H and O–H groups in total. The zero-order chi connectivity index (χ0) is 19.8. The van der Waals surface area contributed by atoms with E-state index in [-0.39, 0.29) is 18.4 Å². The maximum absolute atomic E-state index is 12.4. The van der Waals surface area contributed by atoms with Crippen LogP contribution in [0.25, 0.3) is 0 Å². The van der Waals surface area contributed by atoms with Gasteiger partial charge in [-0.25, -0.2) is 4.79 Å². The fraction of sp³-hybridized carbons (Fsp3) is 0.364. The van der Waals surface area contributed by atoms with Crippen LogP contribution in [0, 0.1) is 5.92 Å². The molecule has 28 heavy (non-hydrogen) atoms. The Morgan fingerprint density at radius 2 is 1.75 bits per heavy atom. The number of carbonyl (C=O) groups is 2. The summed E-state index contributed by atoms with van der Waals surface area (Å²) in [7, 11) is 0. The molecule has 6 heteroatoms. The normalized spacial score (nSPS) is 13.0. The molecule has 0 unspecified atom stereocenters. The Labute approximate surface area is 165 Å².